The fraction of sp³-hybridized carbons (Fsp3) is 0.800. The Bertz CT molecular complexity index is 322. The van der Waals surface area contributed by atoms with E-state index >= 15 is 0 Å². The molecule has 0 amide bonds. The fourth-order valence-electron chi connectivity index (χ4n) is 2.73. The topological polar surface area (TPSA) is 55.8 Å². The Hall–Kier alpha value is -0.870. The quantitative estimate of drug-likeness (QED) is 0.457. The summed E-state index contributed by atoms with van der Waals surface area (Å²) in [6.45, 7) is 10.2. The van der Waals surface area contributed by atoms with Crippen LogP contribution < -0.4 is 0 Å². The normalized spacial score (nSPS) is 24.3. The molecule has 0 radical (unpaired) electrons. The summed E-state index contributed by atoms with van der Waals surface area (Å²) in [4.78, 5) is 11.7. The van der Waals surface area contributed by atoms with Crippen molar-refractivity contribution < 1.29 is 19.4 Å². The number of aliphatic hydroxyl groups excluding tert-OH is 1. The minimum Gasteiger partial charge on any atom is -0.458 e. The minimum absolute atomic E-state index is 0.0867. The van der Waals surface area contributed by atoms with E-state index in [4.69, 9.17) is 14.6 Å². The number of hydrogen-bond acceptors (Lipinski definition) is 4. The van der Waals surface area contributed by atoms with Crippen molar-refractivity contribution in [3.8, 4) is 0 Å². The van der Waals surface area contributed by atoms with Crippen molar-refractivity contribution in [3.05, 3.63) is 12.2 Å². The monoisotopic (exact) mass is 270 g/mol. The molecule has 0 aromatic carbocycles. The molecule has 0 aliphatic heterocycles. The number of aliphatic hydroxyl groups is 1. The van der Waals surface area contributed by atoms with E-state index in [1.807, 2.05) is 13.8 Å². The molecule has 4 nitrogen and oxygen atoms in total. The lowest BCUT2D eigenvalue weighted by Crippen LogP contribution is -2.40. The molecule has 0 saturated heterocycles. The van der Waals surface area contributed by atoms with Gasteiger partial charge in [-0.3, -0.25) is 0 Å². The van der Waals surface area contributed by atoms with E-state index in [2.05, 4.69) is 13.5 Å². The van der Waals surface area contributed by atoms with Crippen molar-refractivity contribution in [1.82, 2.24) is 0 Å². The van der Waals surface area contributed by atoms with Crippen LogP contribution in [0.15, 0.2) is 12.2 Å². The minimum atomic E-state index is -0.503. The fourth-order valence-corrected chi connectivity index (χ4v) is 2.73. The molecule has 19 heavy (non-hydrogen) atoms. The Labute approximate surface area is 115 Å². The summed E-state index contributed by atoms with van der Waals surface area (Å²) < 4.78 is 10.5. The molecule has 1 fully saturated rings. The van der Waals surface area contributed by atoms with Gasteiger partial charge in [-0.25, -0.2) is 4.79 Å². The maximum absolute atomic E-state index is 11.7. The van der Waals surface area contributed by atoms with Gasteiger partial charge in [0.15, 0.2) is 0 Å². The predicted octanol–water partition coefficient (Wildman–Crippen LogP) is 2.31. The number of carbonyl (C=O) groups is 1. The second-order valence-electron chi connectivity index (χ2n) is 6.05. The number of rotatable bonds is 6. The molecule has 0 aromatic heterocycles. The maximum atomic E-state index is 11.7. The van der Waals surface area contributed by atoms with Gasteiger partial charge in [0.25, 0.3) is 0 Å². The Morgan fingerprint density at radius 3 is 2.74 bits per heavy atom. The molecule has 2 unspecified atom stereocenters. The van der Waals surface area contributed by atoms with Gasteiger partial charge in [-0.1, -0.05) is 19.1 Å². The molecule has 0 aromatic rings. The molecule has 4 heteroatoms. The van der Waals surface area contributed by atoms with E-state index in [1.54, 1.807) is 0 Å². The first-order valence-corrected chi connectivity index (χ1v) is 6.92. The average Bonchev–Trinajstić information content (AvgIpc) is 2.27. The first-order valence-electron chi connectivity index (χ1n) is 6.92. The molecule has 1 aliphatic rings. The smallest absolute Gasteiger partial charge is 0.332 e. The van der Waals surface area contributed by atoms with Crippen molar-refractivity contribution in [3.63, 3.8) is 0 Å². The maximum Gasteiger partial charge on any atom is 0.332 e. The molecule has 0 heterocycles. The molecule has 1 N–H and O–H groups in total. The molecule has 2 atom stereocenters. The number of carbonyl (C=O) groups excluding carboxylic acids is 1. The van der Waals surface area contributed by atoms with Gasteiger partial charge in [0.2, 0.25) is 0 Å². The van der Waals surface area contributed by atoms with Crippen molar-refractivity contribution in [2.24, 2.45) is 11.8 Å². The first-order chi connectivity index (χ1) is 8.85. The second kappa shape index (κ2) is 7.06. The van der Waals surface area contributed by atoms with Crippen LogP contribution in [0.25, 0.3) is 0 Å². The predicted molar refractivity (Wildman–Crippen MR) is 73.7 cm³/mol. The number of hydrogen-bond donors (Lipinski definition) is 1. The van der Waals surface area contributed by atoms with Crippen LogP contribution in [-0.4, -0.2) is 36.5 Å². The largest absolute Gasteiger partial charge is 0.458 e. The van der Waals surface area contributed by atoms with Crippen molar-refractivity contribution in [2.45, 2.75) is 45.6 Å². The summed E-state index contributed by atoms with van der Waals surface area (Å²) in [5, 5.41) is 8.59. The van der Waals surface area contributed by atoms with Crippen LogP contribution in [0.4, 0.5) is 0 Å². The van der Waals surface area contributed by atoms with Gasteiger partial charge in [-0.15, -0.1) is 0 Å². The van der Waals surface area contributed by atoms with Gasteiger partial charge >= 0.3 is 5.97 Å². The summed E-state index contributed by atoms with van der Waals surface area (Å²) in [5.74, 6) is 0.530. The highest BCUT2D eigenvalue weighted by Gasteiger charge is 2.36. The highest BCUT2D eigenvalue weighted by Crippen LogP contribution is 2.39. The lowest BCUT2D eigenvalue weighted by Gasteiger charge is -2.39. The van der Waals surface area contributed by atoms with Crippen molar-refractivity contribution in [2.75, 3.05) is 19.8 Å². The SMILES string of the molecule is C=C1CC(C)CC(C(C)(C)OC(=O)COCCO)C1. The average molecular weight is 270 g/mol. The molecule has 1 aliphatic carbocycles. The van der Waals surface area contributed by atoms with Gasteiger partial charge in [0.1, 0.15) is 12.2 Å². The van der Waals surface area contributed by atoms with Gasteiger partial charge in [0.05, 0.1) is 13.2 Å². The van der Waals surface area contributed by atoms with E-state index in [0.29, 0.717) is 11.8 Å². The number of esters is 1. The Morgan fingerprint density at radius 1 is 1.47 bits per heavy atom. The standard InChI is InChI=1S/C15H26O4/c1-11-7-12(2)9-13(8-11)15(3,4)19-14(17)10-18-6-5-16/h12-13,16H,1,5-10H2,2-4H3. The molecule has 110 valence electrons. The number of allylic oxidation sites excluding steroid dienone is 1. The van der Waals surface area contributed by atoms with E-state index in [0.717, 1.165) is 19.3 Å². The summed E-state index contributed by atoms with van der Waals surface area (Å²) >= 11 is 0. The second-order valence-corrected chi connectivity index (χ2v) is 6.05. The van der Waals surface area contributed by atoms with Crippen LogP contribution in [-0.2, 0) is 14.3 Å². The first kappa shape index (κ1) is 16.2. The third-order valence-electron chi connectivity index (χ3n) is 3.67. The Kier molecular flexibility index (Phi) is 6.01. The van der Waals surface area contributed by atoms with E-state index in [1.165, 1.54) is 5.57 Å². The Balaban J connectivity index is 2.49. The van der Waals surface area contributed by atoms with Crippen LogP contribution in [0.2, 0.25) is 0 Å². The molecular weight excluding hydrogens is 244 g/mol. The van der Waals surface area contributed by atoms with Crippen LogP contribution in [0.1, 0.15) is 40.0 Å². The third kappa shape index (κ3) is 5.33. The summed E-state index contributed by atoms with van der Waals surface area (Å²) in [6, 6.07) is 0. The molecule has 0 bridgehead atoms. The van der Waals surface area contributed by atoms with Gasteiger partial charge in [0, 0.05) is 5.92 Å². The van der Waals surface area contributed by atoms with Crippen molar-refractivity contribution in [1.29, 1.82) is 0 Å². The van der Waals surface area contributed by atoms with Crippen LogP contribution in [0, 0.1) is 11.8 Å². The van der Waals surface area contributed by atoms with Gasteiger partial charge in [-0.2, -0.15) is 0 Å². The van der Waals surface area contributed by atoms with Gasteiger partial charge in [-0.05, 0) is 39.0 Å². The van der Waals surface area contributed by atoms with E-state index in [9.17, 15) is 4.79 Å². The van der Waals surface area contributed by atoms with Crippen LogP contribution >= 0.6 is 0 Å². The zero-order valence-corrected chi connectivity index (χ0v) is 12.3. The lowest BCUT2D eigenvalue weighted by atomic mass is 9.73. The van der Waals surface area contributed by atoms with Crippen LogP contribution in [0.3, 0.4) is 0 Å². The molecule has 0 spiro atoms. The molecule has 1 saturated carbocycles. The summed E-state index contributed by atoms with van der Waals surface area (Å²) in [6.07, 6.45) is 3.04. The molecule has 1 rings (SSSR count). The van der Waals surface area contributed by atoms with E-state index < -0.39 is 5.60 Å². The van der Waals surface area contributed by atoms with Crippen LogP contribution in [0.5, 0.6) is 0 Å². The third-order valence-corrected chi connectivity index (χ3v) is 3.67. The highest BCUT2D eigenvalue weighted by atomic mass is 16.6. The summed E-state index contributed by atoms with van der Waals surface area (Å²) in [5.41, 5.74) is 0.737. The Morgan fingerprint density at radius 2 is 2.16 bits per heavy atom. The zero-order chi connectivity index (χ0) is 14.5. The number of ether oxygens (including phenoxy) is 2. The highest BCUT2D eigenvalue weighted by molar-refractivity contribution is 5.71. The van der Waals surface area contributed by atoms with Crippen molar-refractivity contribution >= 4 is 5.97 Å². The lowest BCUT2D eigenvalue weighted by molar-refractivity contribution is -0.168. The van der Waals surface area contributed by atoms with Gasteiger partial charge < -0.3 is 14.6 Å². The summed E-state index contributed by atoms with van der Waals surface area (Å²) in [7, 11) is 0. The molecular formula is C15H26O4. The van der Waals surface area contributed by atoms with E-state index in [-0.39, 0.29) is 25.8 Å². The zero-order valence-electron chi connectivity index (χ0n) is 12.3.